The summed E-state index contributed by atoms with van der Waals surface area (Å²) in [4.78, 5) is 51.1. The van der Waals surface area contributed by atoms with Crippen molar-refractivity contribution in [2.45, 2.75) is 56.3 Å². The van der Waals surface area contributed by atoms with E-state index in [2.05, 4.69) is 5.32 Å². The van der Waals surface area contributed by atoms with Gasteiger partial charge in [0.2, 0.25) is 5.91 Å². The molecular formula is C27H32N4O7. The molecule has 0 aliphatic carbocycles. The van der Waals surface area contributed by atoms with E-state index >= 15 is 0 Å². The minimum absolute atomic E-state index is 0.0625. The van der Waals surface area contributed by atoms with Crippen LogP contribution in [0.15, 0.2) is 54.6 Å². The molecule has 11 nitrogen and oxygen atoms in total. The molecule has 2 aliphatic rings. The smallest absolute Gasteiger partial charge is 0.323 e. The number of benzene rings is 2. The van der Waals surface area contributed by atoms with E-state index in [4.69, 9.17) is 10.6 Å². The third kappa shape index (κ3) is 6.55. The van der Waals surface area contributed by atoms with Crippen molar-refractivity contribution < 1.29 is 34.1 Å². The van der Waals surface area contributed by atoms with Crippen molar-refractivity contribution in [2.24, 2.45) is 5.84 Å². The summed E-state index contributed by atoms with van der Waals surface area (Å²) < 4.78 is 5.67. The van der Waals surface area contributed by atoms with Gasteiger partial charge in [-0.3, -0.25) is 35.2 Å². The van der Waals surface area contributed by atoms with Gasteiger partial charge < -0.3 is 14.9 Å². The second-order valence-electron chi connectivity index (χ2n) is 9.63. The highest BCUT2D eigenvalue weighted by Crippen LogP contribution is 2.27. The zero-order valence-corrected chi connectivity index (χ0v) is 20.9. The Bertz CT molecular complexity index is 1180. The summed E-state index contributed by atoms with van der Waals surface area (Å²) >= 11 is 0. The van der Waals surface area contributed by atoms with E-state index < -0.39 is 54.6 Å². The lowest BCUT2D eigenvalue weighted by Gasteiger charge is -2.28. The number of hydrogen-bond donors (Lipinski definition) is 4. The van der Waals surface area contributed by atoms with Gasteiger partial charge in [0.05, 0.1) is 12.6 Å². The van der Waals surface area contributed by atoms with Crippen LogP contribution in [-0.2, 0) is 36.8 Å². The van der Waals surface area contributed by atoms with Gasteiger partial charge in [-0.05, 0) is 42.9 Å². The molecule has 0 radical (unpaired) electrons. The van der Waals surface area contributed by atoms with Gasteiger partial charge in [0.15, 0.2) is 0 Å². The Labute approximate surface area is 220 Å². The molecule has 1 fully saturated rings. The number of ether oxygens (including phenoxy) is 1. The number of hydrazine groups is 1. The third-order valence-corrected chi connectivity index (χ3v) is 6.96. The lowest BCUT2D eigenvalue weighted by atomic mass is 10.0. The summed E-state index contributed by atoms with van der Waals surface area (Å²) in [5.74, 6) is 2.51. The molecule has 38 heavy (non-hydrogen) atoms. The number of nitrogens with two attached hydrogens (primary N) is 1. The molecule has 11 heteroatoms. The number of carboxylic acid groups (broad SMARTS) is 2. The quantitative estimate of drug-likeness (QED) is 0.260. The maximum atomic E-state index is 13.5. The van der Waals surface area contributed by atoms with Gasteiger partial charge in [0.25, 0.3) is 0 Å². The summed E-state index contributed by atoms with van der Waals surface area (Å²) in [6.07, 6.45) is 1.09. The topological polar surface area (TPSA) is 162 Å². The van der Waals surface area contributed by atoms with Gasteiger partial charge >= 0.3 is 17.9 Å². The Hall–Kier alpha value is -3.80. The predicted octanol–water partition coefficient (Wildman–Crippen LogP) is 0.954. The molecule has 1 amide bonds. The second-order valence-corrected chi connectivity index (χ2v) is 9.63. The van der Waals surface area contributed by atoms with Crippen LogP contribution in [0.3, 0.4) is 0 Å². The third-order valence-electron chi connectivity index (χ3n) is 6.96. The van der Waals surface area contributed by atoms with Crippen molar-refractivity contribution in [1.82, 2.24) is 10.3 Å². The highest BCUT2D eigenvalue weighted by Gasteiger charge is 2.39. The summed E-state index contributed by atoms with van der Waals surface area (Å²) in [5, 5.41) is 23.1. The number of nitrogens with one attached hydrogen (secondary N) is 1. The summed E-state index contributed by atoms with van der Waals surface area (Å²) in [6.45, 7) is -0.420. The molecule has 0 unspecified atom stereocenters. The van der Waals surface area contributed by atoms with Crippen LogP contribution in [0.4, 0.5) is 5.69 Å². The highest BCUT2D eigenvalue weighted by atomic mass is 16.5. The van der Waals surface area contributed by atoms with Crippen LogP contribution in [-0.4, -0.2) is 76.4 Å². The number of hydrogen-bond acceptors (Lipinski definition) is 8. The Morgan fingerprint density at radius 2 is 1.79 bits per heavy atom. The minimum atomic E-state index is -1.14. The lowest BCUT2D eigenvalue weighted by Crippen LogP contribution is -2.53. The van der Waals surface area contributed by atoms with Crippen molar-refractivity contribution in [1.29, 1.82) is 0 Å². The molecule has 4 rings (SSSR count). The number of anilines is 1. The number of aryl methyl sites for hydroxylation is 2. The number of carbonyl (C=O) groups is 4. The number of aliphatic carboxylic acids is 2. The first-order chi connectivity index (χ1) is 18.2. The number of fused-ring (bicyclic) bond motifs is 1. The predicted molar refractivity (Wildman–Crippen MR) is 137 cm³/mol. The number of esters is 1. The minimum Gasteiger partial charge on any atom is -0.480 e. The molecule has 1 saturated heterocycles. The van der Waals surface area contributed by atoms with Gasteiger partial charge in [-0.15, -0.1) is 0 Å². The second kappa shape index (κ2) is 12.2. The lowest BCUT2D eigenvalue weighted by molar-refractivity contribution is -0.152. The van der Waals surface area contributed by atoms with E-state index in [0.29, 0.717) is 31.4 Å². The zero-order valence-electron chi connectivity index (χ0n) is 20.9. The number of para-hydroxylation sites is 1. The molecule has 2 aliphatic heterocycles. The molecule has 2 aromatic carbocycles. The fourth-order valence-corrected chi connectivity index (χ4v) is 5.03. The molecular weight excluding hydrogens is 492 g/mol. The molecule has 2 aromatic rings. The highest BCUT2D eigenvalue weighted by molar-refractivity contribution is 6.02. The summed E-state index contributed by atoms with van der Waals surface area (Å²) in [6, 6.07) is 14.1. The van der Waals surface area contributed by atoms with Crippen LogP contribution < -0.4 is 16.1 Å². The van der Waals surface area contributed by atoms with Crippen LogP contribution in [0.5, 0.6) is 0 Å². The Morgan fingerprint density at radius 3 is 2.47 bits per heavy atom. The van der Waals surface area contributed by atoms with Crippen molar-refractivity contribution in [3.8, 4) is 0 Å². The summed E-state index contributed by atoms with van der Waals surface area (Å²) in [7, 11) is 0. The average Bonchev–Trinajstić information content (AvgIpc) is 3.21. The standard InChI is InChI=1S/C27H32N4O7/c28-31-15-19(14-23(31)26(35)36)38-27(37)21(12-10-17-6-2-1-3-7-17)29-20-13-11-18-8-4-5-9-22(18)30(25(20)34)16-24(32)33/h1-9,19-21,23,29H,10-16,28H2,(H,32,33)(H,35,36)/t19-,20-,21+,23+/m1/s1. The number of nitrogens with zero attached hydrogens (tertiary/aromatic N) is 2. The van der Waals surface area contributed by atoms with Crippen molar-refractivity contribution in [2.75, 3.05) is 18.0 Å². The van der Waals surface area contributed by atoms with Crippen LogP contribution in [0.2, 0.25) is 0 Å². The van der Waals surface area contributed by atoms with Gasteiger partial charge in [0.1, 0.15) is 24.7 Å². The molecule has 4 atom stereocenters. The maximum Gasteiger partial charge on any atom is 0.323 e. The normalized spacial score (nSPS) is 22.4. The Kier molecular flexibility index (Phi) is 8.72. The van der Waals surface area contributed by atoms with Gasteiger partial charge in [0, 0.05) is 12.1 Å². The first kappa shape index (κ1) is 27.2. The average molecular weight is 525 g/mol. The van der Waals surface area contributed by atoms with Gasteiger partial charge in [-0.2, -0.15) is 0 Å². The van der Waals surface area contributed by atoms with Crippen LogP contribution in [0.25, 0.3) is 0 Å². The number of carbonyl (C=O) groups excluding carboxylic acids is 2. The van der Waals surface area contributed by atoms with E-state index in [1.807, 2.05) is 42.5 Å². The monoisotopic (exact) mass is 524 g/mol. The van der Waals surface area contributed by atoms with Crippen LogP contribution in [0, 0.1) is 0 Å². The first-order valence-electron chi connectivity index (χ1n) is 12.6. The molecule has 0 aromatic heterocycles. The van der Waals surface area contributed by atoms with Gasteiger partial charge in [-0.1, -0.05) is 48.5 Å². The van der Waals surface area contributed by atoms with Crippen LogP contribution in [0.1, 0.15) is 30.4 Å². The number of amides is 1. The van der Waals surface area contributed by atoms with Crippen LogP contribution >= 0.6 is 0 Å². The largest absolute Gasteiger partial charge is 0.480 e. The van der Waals surface area contributed by atoms with E-state index in [0.717, 1.165) is 16.1 Å². The van der Waals surface area contributed by atoms with E-state index in [-0.39, 0.29) is 13.0 Å². The fourth-order valence-electron chi connectivity index (χ4n) is 5.03. The molecule has 0 bridgehead atoms. The zero-order chi connectivity index (χ0) is 27.2. The molecule has 2 heterocycles. The summed E-state index contributed by atoms with van der Waals surface area (Å²) in [5.41, 5.74) is 2.39. The maximum absolute atomic E-state index is 13.5. The molecule has 202 valence electrons. The Balaban J connectivity index is 1.53. The van der Waals surface area contributed by atoms with E-state index in [9.17, 15) is 29.4 Å². The fraction of sp³-hybridized carbons (Fsp3) is 0.407. The Morgan fingerprint density at radius 1 is 1.08 bits per heavy atom. The molecule has 0 spiro atoms. The van der Waals surface area contributed by atoms with E-state index in [1.165, 1.54) is 4.90 Å². The van der Waals surface area contributed by atoms with Gasteiger partial charge in [-0.25, -0.2) is 5.01 Å². The number of rotatable bonds is 10. The van der Waals surface area contributed by atoms with Crippen molar-refractivity contribution in [3.63, 3.8) is 0 Å². The first-order valence-corrected chi connectivity index (χ1v) is 12.6. The van der Waals surface area contributed by atoms with E-state index in [1.54, 1.807) is 12.1 Å². The van der Waals surface area contributed by atoms with Crippen molar-refractivity contribution >= 4 is 29.5 Å². The number of carboxylic acids is 2. The SMILES string of the molecule is NN1C[C@H](OC(=O)[C@H](CCc2ccccc2)N[C@@H]2CCc3ccccc3N(CC(=O)O)C2=O)C[C@H]1C(=O)O. The molecule has 5 N–H and O–H groups in total. The molecule has 0 saturated carbocycles. The van der Waals surface area contributed by atoms with Crippen molar-refractivity contribution in [3.05, 3.63) is 65.7 Å².